The normalized spacial score (nSPS) is 10.6. The molecule has 140 valence electrons. The van der Waals surface area contributed by atoms with E-state index in [4.69, 9.17) is 9.26 Å². The minimum atomic E-state index is 0.0402. The highest BCUT2D eigenvalue weighted by molar-refractivity contribution is 5.75. The van der Waals surface area contributed by atoms with Crippen LogP contribution < -0.4 is 10.1 Å². The number of benzene rings is 2. The summed E-state index contributed by atoms with van der Waals surface area (Å²) in [7, 11) is 1.62. The molecule has 0 aliphatic heterocycles. The Bertz CT molecular complexity index is 862. The van der Waals surface area contributed by atoms with Crippen molar-refractivity contribution in [2.75, 3.05) is 13.7 Å². The molecule has 0 atom stereocenters. The van der Waals surface area contributed by atoms with E-state index in [2.05, 4.69) is 27.6 Å². The molecule has 0 aliphatic carbocycles. The summed E-state index contributed by atoms with van der Waals surface area (Å²) in [5.74, 6) is 1.84. The summed E-state index contributed by atoms with van der Waals surface area (Å²) in [5, 5.41) is 6.94. The number of hydrogen-bond acceptors (Lipinski definition) is 5. The van der Waals surface area contributed by atoms with E-state index in [1.807, 2.05) is 42.5 Å². The Morgan fingerprint density at radius 3 is 2.78 bits per heavy atom. The number of amides is 1. The average Bonchev–Trinajstić information content (AvgIpc) is 3.18. The van der Waals surface area contributed by atoms with Crippen molar-refractivity contribution >= 4 is 5.91 Å². The molecule has 0 spiro atoms. The Kier molecular flexibility index (Phi) is 6.57. The van der Waals surface area contributed by atoms with Crippen LogP contribution in [0.25, 0.3) is 11.4 Å². The second-order valence-electron chi connectivity index (χ2n) is 6.18. The van der Waals surface area contributed by atoms with Crippen LogP contribution >= 0.6 is 0 Å². The van der Waals surface area contributed by atoms with Gasteiger partial charge in [0, 0.05) is 24.9 Å². The fraction of sp³-hybridized carbons (Fsp3) is 0.286. The molecule has 1 heterocycles. The maximum atomic E-state index is 11.9. The number of ether oxygens (including phenoxy) is 1. The average molecular weight is 365 g/mol. The fourth-order valence-corrected chi connectivity index (χ4v) is 2.72. The Morgan fingerprint density at radius 1 is 1.11 bits per heavy atom. The third kappa shape index (κ3) is 5.67. The van der Waals surface area contributed by atoms with Gasteiger partial charge in [-0.25, -0.2) is 0 Å². The van der Waals surface area contributed by atoms with Gasteiger partial charge in [-0.15, -0.1) is 0 Å². The zero-order valence-corrected chi connectivity index (χ0v) is 15.4. The third-order valence-electron chi connectivity index (χ3n) is 4.17. The highest BCUT2D eigenvalue weighted by Crippen LogP contribution is 2.21. The monoisotopic (exact) mass is 365 g/mol. The van der Waals surface area contributed by atoms with Crippen LogP contribution in [0.15, 0.2) is 59.1 Å². The number of nitrogens with zero attached hydrogens (tertiary/aromatic N) is 2. The lowest BCUT2D eigenvalue weighted by Crippen LogP contribution is -2.25. The van der Waals surface area contributed by atoms with Crippen LogP contribution in [0.2, 0.25) is 0 Å². The molecule has 0 unspecified atom stereocenters. The third-order valence-corrected chi connectivity index (χ3v) is 4.17. The van der Waals surface area contributed by atoms with Gasteiger partial charge in [0.15, 0.2) is 0 Å². The number of aryl methyl sites for hydroxylation is 1. The Hall–Kier alpha value is -3.15. The van der Waals surface area contributed by atoms with Gasteiger partial charge in [-0.05, 0) is 30.5 Å². The topological polar surface area (TPSA) is 77.2 Å². The highest BCUT2D eigenvalue weighted by atomic mass is 16.5. The summed E-state index contributed by atoms with van der Waals surface area (Å²) in [6.07, 6.45) is 2.51. The van der Waals surface area contributed by atoms with Crippen molar-refractivity contribution in [2.45, 2.75) is 25.7 Å². The van der Waals surface area contributed by atoms with Gasteiger partial charge in [0.1, 0.15) is 5.75 Å². The Morgan fingerprint density at radius 2 is 1.96 bits per heavy atom. The lowest BCUT2D eigenvalue weighted by Gasteiger charge is -2.04. The van der Waals surface area contributed by atoms with Crippen LogP contribution in [-0.4, -0.2) is 29.7 Å². The van der Waals surface area contributed by atoms with Crippen LogP contribution in [0, 0.1) is 0 Å². The van der Waals surface area contributed by atoms with E-state index < -0.39 is 0 Å². The summed E-state index contributed by atoms with van der Waals surface area (Å²) in [6.45, 7) is 0.642. The van der Waals surface area contributed by atoms with E-state index in [0.29, 0.717) is 37.5 Å². The van der Waals surface area contributed by atoms with Crippen molar-refractivity contribution in [2.24, 2.45) is 0 Å². The van der Waals surface area contributed by atoms with Crippen LogP contribution in [0.1, 0.15) is 24.3 Å². The van der Waals surface area contributed by atoms with Gasteiger partial charge in [-0.3, -0.25) is 4.79 Å². The van der Waals surface area contributed by atoms with Crippen LogP contribution in [0.3, 0.4) is 0 Å². The number of carbonyl (C=O) groups is 1. The zero-order chi connectivity index (χ0) is 18.9. The first-order valence-electron chi connectivity index (χ1n) is 9.02. The minimum absolute atomic E-state index is 0.0402. The smallest absolute Gasteiger partial charge is 0.226 e. The van der Waals surface area contributed by atoms with Gasteiger partial charge in [-0.2, -0.15) is 4.98 Å². The molecule has 1 amide bonds. The van der Waals surface area contributed by atoms with E-state index in [1.54, 1.807) is 7.11 Å². The van der Waals surface area contributed by atoms with Crippen LogP contribution in [-0.2, 0) is 17.6 Å². The second kappa shape index (κ2) is 9.52. The number of aromatic nitrogens is 2. The van der Waals surface area contributed by atoms with Gasteiger partial charge in [-0.1, -0.05) is 47.6 Å². The van der Waals surface area contributed by atoms with Gasteiger partial charge < -0.3 is 14.6 Å². The van der Waals surface area contributed by atoms with Crippen molar-refractivity contribution in [3.05, 3.63) is 66.1 Å². The Balaban J connectivity index is 1.40. The summed E-state index contributed by atoms with van der Waals surface area (Å²) in [5.41, 5.74) is 2.05. The van der Waals surface area contributed by atoms with Crippen LogP contribution in [0.5, 0.6) is 5.75 Å². The standard InChI is InChI=1S/C21H23N3O3/c1-26-18-10-5-9-17(15-18)21-23-20(27-24-21)12-6-11-19(25)22-14-13-16-7-3-2-4-8-16/h2-5,7-10,15H,6,11-14H2,1H3,(H,22,25). The highest BCUT2D eigenvalue weighted by Gasteiger charge is 2.10. The van der Waals surface area contributed by atoms with E-state index in [1.165, 1.54) is 5.56 Å². The van der Waals surface area contributed by atoms with Crippen molar-refractivity contribution < 1.29 is 14.1 Å². The van der Waals surface area contributed by atoms with Crippen molar-refractivity contribution in [3.63, 3.8) is 0 Å². The minimum Gasteiger partial charge on any atom is -0.497 e. The molecular weight excluding hydrogens is 342 g/mol. The first kappa shape index (κ1) is 18.6. The van der Waals surface area contributed by atoms with Gasteiger partial charge in [0.05, 0.1) is 7.11 Å². The van der Waals surface area contributed by atoms with Crippen molar-refractivity contribution in [1.82, 2.24) is 15.5 Å². The fourth-order valence-electron chi connectivity index (χ4n) is 2.72. The van der Waals surface area contributed by atoms with Gasteiger partial charge in [0.2, 0.25) is 17.6 Å². The molecule has 3 aromatic rings. The molecule has 0 fully saturated rings. The molecule has 2 aromatic carbocycles. The van der Waals surface area contributed by atoms with E-state index in [0.717, 1.165) is 17.7 Å². The molecule has 0 aliphatic rings. The maximum Gasteiger partial charge on any atom is 0.226 e. The molecule has 0 radical (unpaired) electrons. The van der Waals surface area contributed by atoms with Gasteiger partial charge >= 0.3 is 0 Å². The largest absolute Gasteiger partial charge is 0.497 e. The number of nitrogens with one attached hydrogen (secondary N) is 1. The summed E-state index contributed by atoms with van der Waals surface area (Å²) in [6, 6.07) is 17.6. The van der Waals surface area contributed by atoms with Crippen LogP contribution in [0.4, 0.5) is 0 Å². The molecule has 1 aromatic heterocycles. The van der Waals surface area contributed by atoms with E-state index in [-0.39, 0.29) is 5.91 Å². The molecule has 0 bridgehead atoms. The number of methoxy groups -OCH3 is 1. The zero-order valence-electron chi connectivity index (χ0n) is 15.4. The molecule has 27 heavy (non-hydrogen) atoms. The predicted molar refractivity (Wildman–Crippen MR) is 102 cm³/mol. The quantitative estimate of drug-likeness (QED) is 0.629. The number of rotatable bonds is 9. The summed E-state index contributed by atoms with van der Waals surface area (Å²) >= 11 is 0. The number of carbonyl (C=O) groups excluding carboxylic acids is 1. The van der Waals surface area contributed by atoms with Gasteiger partial charge in [0.25, 0.3) is 0 Å². The van der Waals surface area contributed by atoms with Crippen molar-refractivity contribution in [1.29, 1.82) is 0 Å². The first-order chi connectivity index (χ1) is 13.2. The maximum absolute atomic E-state index is 11.9. The summed E-state index contributed by atoms with van der Waals surface area (Å²) in [4.78, 5) is 16.3. The molecule has 6 heteroatoms. The summed E-state index contributed by atoms with van der Waals surface area (Å²) < 4.78 is 10.5. The Labute approximate surface area is 158 Å². The molecule has 0 saturated heterocycles. The lowest BCUT2D eigenvalue weighted by molar-refractivity contribution is -0.121. The molecule has 1 N–H and O–H groups in total. The van der Waals surface area contributed by atoms with Crippen molar-refractivity contribution in [3.8, 4) is 17.1 Å². The molecular formula is C21H23N3O3. The molecule has 0 saturated carbocycles. The first-order valence-corrected chi connectivity index (χ1v) is 9.02. The molecule has 3 rings (SSSR count). The lowest BCUT2D eigenvalue weighted by atomic mass is 10.1. The van der Waals surface area contributed by atoms with E-state index in [9.17, 15) is 4.79 Å². The molecule has 6 nitrogen and oxygen atoms in total. The SMILES string of the molecule is COc1cccc(-c2noc(CCCC(=O)NCCc3ccccc3)n2)c1. The predicted octanol–water partition coefficient (Wildman–Crippen LogP) is 3.43. The second-order valence-corrected chi connectivity index (χ2v) is 6.18. The number of hydrogen-bond donors (Lipinski definition) is 1. The van der Waals surface area contributed by atoms with E-state index >= 15 is 0 Å².